The number of rotatable bonds is 6. The number of amides is 1. The molecule has 4 N–H and O–H groups in total. The minimum absolute atomic E-state index is 0.0690. The van der Waals surface area contributed by atoms with Gasteiger partial charge in [0.15, 0.2) is 0 Å². The van der Waals surface area contributed by atoms with Crippen molar-refractivity contribution in [2.24, 2.45) is 5.73 Å². The molecule has 0 aliphatic rings. The van der Waals surface area contributed by atoms with Crippen molar-refractivity contribution in [2.45, 2.75) is 18.9 Å². The fraction of sp³-hybridized carbons (Fsp3) is 0.417. The first-order valence-corrected chi connectivity index (χ1v) is 5.44. The second-order valence-corrected chi connectivity index (χ2v) is 3.62. The molecule has 1 rings (SSSR count). The summed E-state index contributed by atoms with van der Waals surface area (Å²) in [4.78, 5) is 11.3. The van der Waals surface area contributed by atoms with Gasteiger partial charge in [-0.2, -0.15) is 0 Å². The molecule has 1 aromatic rings. The van der Waals surface area contributed by atoms with Crippen molar-refractivity contribution in [3.05, 3.63) is 35.9 Å². The molecule has 4 nitrogen and oxygen atoms in total. The lowest BCUT2D eigenvalue weighted by molar-refractivity contribution is -0.121. The molecule has 1 unspecified atom stereocenters. The van der Waals surface area contributed by atoms with Gasteiger partial charge < -0.3 is 16.2 Å². The first kappa shape index (κ1) is 12.7. The highest BCUT2D eigenvalue weighted by Crippen LogP contribution is 2.10. The van der Waals surface area contributed by atoms with Gasteiger partial charge >= 0.3 is 0 Å². The van der Waals surface area contributed by atoms with Crippen LogP contribution in [0, 0.1) is 0 Å². The maximum atomic E-state index is 11.3. The van der Waals surface area contributed by atoms with Gasteiger partial charge in [-0.15, -0.1) is 0 Å². The van der Waals surface area contributed by atoms with Crippen LogP contribution in [0.5, 0.6) is 0 Å². The summed E-state index contributed by atoms with van der Waals surface area (Å²) in [6, 6.07) is 9.26. The van der Waals surface area contributed by atoms with Crippen LogP contribution in [0.1, 0.15) is 24.5 Å². The lowest BCUT2D eigenvalue weighted by Crippen LogP contribution is -2.28. The number of carbonyl (C=O) groups excluding carboxylic acids is 1. The molecule has 88 valence electrons. The van der Waals surface area contributed by atoms with Gasteiger partial charge in [-0.05, 0) is 18.5 Å². The summed E-state index contributed by atoms with van der Waals surface area (Å²) in [5.74, 6) is -0.0690. The normalized spacial score (nSPS) is 12.1. The molecule has 0 heterocycles. The highest BCUT2D eigenvalue weighted by Gasteiger charge is 2.08. The van der Waals surface area contributed by atoms with Crippen molar-refractivity contribution < 1.29 is 9.90 Å². The third-order valence-electron chi connectivity index (χ3n) is 2.28. The number of hydrogen-bond acceptors (Lipinski definition) is 3. The SMILES string of the molecule is NCCCC(=O)NCC(O)c1ccccc1. The Bertz CT molecular complexity index is 314. The van der Waals surface area contributed by atoms with E-state index in [-0.39, 0.29) is 12.5 Å². The first-order chi connectivity index (χ1) is 7.74. The summed E-state index contributed by atoms with van der Waals surface area (Å²) in [6.45, 7) is 0.752. The fourth-order valence-corrected chi connectivity index (χ4v) is 1.35. The number of nitrogens with two attached hydrogens (primary N) is 1. The Morgan fingerprint density at radius 1 is 1.38 bits per heavy atom. The number of hydrogen-bond donors (Lipinski definition) is 3. The number of benzene rings is 1. The Balaban J connectivity index is 2.30. The summed E-state index contributed by atoms with van der Waals surface area (Å²) >= 11 is 0. The van der Waals surface area contributed by atoms with E-state index < -0.39 is 6.10 Å². The van der Waals surface area contributed by atoms with Crippen LogP contribution < -0.4 is 11.1 Å². The molecule has 1 atom stereocenters. The molecule has 0 aliphatic carbocycles. The van der Waals surface area contributed by atoms with Crippen molar-refractivity contribution in [2.75, 3.05) is 13.1 Å². The van der Waals surface area contributed by atoms with Gasteiger partial charge in [0.1, 0.15) is 0 Å². The van der Waals surface area contributed by atoms with E-state index in [0.717, 1.165) is 5.56 Å². The van der Waals surface area contributed by atoms with Gasteiger partial charge in [-0.3, -0.25) is 4.79 Å². The lowest BCUT2D eigenvalue weighted by Gasteiger charge is -2.11. The molecule has 1 amide bonds. The predicted octanol–water partition coefficient (Wildman–Crippen LogP) is 0.575. The standard InChI is InChI=1S/C12H18N2O2/c13-8-4-7-12(16)14-9-11(15)10-5-2-1-3-6-10/h1-3,5-6,11,15H,4,7-9,13H2,(H,14,16). The van der Waals surface area contributed by atoms with Crippen molar-refractivity contribution in [3.8, 4) is 0 Å². The van der Waals surface area contributed by atoms with Gasteiger partial charge in [-0.1, -0.05) is 30.3 Å². The molecule has 1 aromatic carbocycles. The third kappa shape index (κ3) is 4.42. The molecule has 0 spiro atoms. The molecule has 4 heteroatoms. The van der Waals surface area contributed by atoms with Gasteiger partial charge in [0.2, 0.25) is 5.91 Å². The van der Waals surface area contributed by atoms with Crippen LogP contribution in [-0.2, 0) is 4.79 Å². The monoisotopic (exact) mass is 222 g/mol. The molecule has 0 radical (unpaired) electrons. The van der Waals surface area contributed by atoms with Gasteiger partial charge in [0.25, 0.3) is 0 Å². The van der Waals surface area contributed by atoms with E-state index in [4.69, 9.17) is 5.73 Å². The molecule has 0 bridgehead atoms. The van der Waals surface area contributed by atoms with Gasteiger partial charge in [0, 0.05) is 13.0 Å². The maximum Gasteiger partial charge on any atom is 0.220 e. The average Bonchev–Trinajstić information content (AvgIpc) is 2.34. The zero-order valence-electron chi connectivity index (χ0n) is 9.23. The minimum Gasteiger partial charge on any atom is -0.387 e. The van der Waals surface area contributed by atoms with E-state index in [1.807, 2.05) is 30.3 Å². The molecule has 0 aliphatic heterocycles. The first-order valence-electron chi connectivity index (χ1n) is 5.44. The molecular formula is C12H18N2O2. The third-order valence-corrected chi connectivity index (χ3v) is 2.28. The van der Waals surface area contributed by atoms with Crippen LogP contribution in [0.25, 0.3) is 0 Å². The summed E-state index contributed by atoms with van der Waals surface area (Å²) in [7, 11) is 0. The van der Waals surface area contributed by atoms with Crippen LogP contribution in [-0.4, -0.2) is 24.1 Å². The predicted molar refractivity (Wildman–Crippen MR) is 62.7 cm³/mol. The molecule has 0 aromatic heterocycles. The Kier molecular flexibility index (Phi) is 5.53. The van der Waals surface area contributed by atoms with Crippen molar-refractivity contribution in [1.82, 2.24) is 5.32 Å². The molecule has 0 fully saturated rings. The Labute approximate surface area is 95.5 Å². The minimum atomic E-state index is -0.650. The Morgan fingerprint density at radius 2 is 2.06 bits per heavy atom. The van der Waals surface area contributed by atoms with Crippen LogP contribution >= 0.6 is 0 Å². The van der Waals surface area contributed by atoms with E-state index in [2.05, 4.69) is 5.32 Å². The van der Waals surface area contributed by atoms with Crippen LogP contribution in [0.3, 0.4) is 0 Å². The van der Waals surface area contributed by atoms with Crippen molar-refractivity contribution in [1.29, 1.82) is 0 Å². The lowest BCUT2D eigenvalue weighted by atomic mass is 10.1. The summed E-state index contributed by atoms with van der Waals surface area (Å²) in [5, 5.41) is 12.4. The largest absolute Gasteiger partial charge is 0.387 e. The van der Waals surface area contributed by atoms with Crippen molar-refractivity contribution in [3.63, 3.8) is 0 Å². The quantitative estimate of drug-likeness (QED) is 0.659. The second kappa shape index (κ2) is 6.98. The fourth-order valence-electron chi connectivity index (χ4n) is 1.35. The highest BCUT2D eigenvalue weighted by molar-refractivity contribution is 5.75. The molecule has 16 heavy (non-hydrogen) atoms. The second-order valence-electron chi connectivity index (χ2n) is 3.62. The average molecular weight is 222 g/mol. The van der Waals surface area contributed by atoms with E-state index in [9.17, 15) is 9.90 Å². The van der Waals surface area contributed by atoms with E-state index in [0.29, 0.717) is 19.4 Å². The Hall–Kier alpha value is -1.39. The number of aliphatic hydroxyl groups excluding tert-OH is 1. The maximum absolute atomic E-state index is 11.3. The smallest absolute Gasteiger partial charge is 0.220 e. The van der Waals surface area contributed by atoms with Gasteiger partial charge in [-0.25, -0.2) is 0 Å². The summed E-state index contributed by atoms with van der Waals surface area (Å²) in [5.41, 5.74) is 6.10. The molecule has 0 saturated carbocycles. The molecular weight excluding hydrogens is 204 g/mol. The van der Waals surface area contributed by atoms with E-state index >= 15 is 0 Å². The number of aliphatic hydroxyl groups is 1. The number of nitrogens with one attached hydrogen (secondary N) is 1. The van der Waals surface area contributed by atoms with Crippen molar-refractivity contribution >= 4 is 5.91 Å². The topological polar surface area (TPSA) is 75.4 Å². The van der Waals surface area contributed by atoms with Crippen LogP contribution in [0.4, 0.5) is 0 Å². The number of carbonyl (C=O) groups is 1. The summed E-state index contributed by atoms with van der Waals surface area (Å²) < 4.78 is 0. The Morgan fingerprint density at radius 3 is 2.69 bits per heavy atom. The highest BCUT2D eigenvalue weighted by atomic mass is 16.3. The molecule has 0 saturated heterocycles. The van der Waals surface area contributed by atoms with Crippen LogP contribution in [0.2, 0.25) is 0 Å². The van der Waals surface area contributed by atoms with Gasteiger partial charge in [0.05, 0.1) is 6.10 Å². The van der Waals surface area contributed by atoms with Crippen LogP contribution in [0.15, 0.2) is 30.3 Å². The van der Waals surface area contributed by atoms with E-state index in [1.54, 1.807) is 0 Å². The summed E-state index contributed by atoms with van der Waals surface area (Å²) in [6.07, 6.45) is 0.439. The van der Waals surface area contributed by atoms with E-state index in [1.165, 1.54) is 0 Å². The zero-order valence-corrected chi connectivity index (χ0v) is 9.23. The zero-order chi connectivity index (χ0) is 11.8.